The predicted octanol–water partition coefficient (Wildman–Crippen LogP) is 5.31. The second-order valence-electron chi connectivity index (χ2n) is 14.3. The molecule has 13 nitrogen and oxygen atoms in total. The Kier molecular flexibility index (Phi) is 11.5. The number of nitrogens with zero attached hydrogens (tertiary/aromatic N) is 4. The molecule has 2 saturated heterocycles. The van der Waals surface area contributed by atoms with Crippen LogP contribution in [0.1, 0.15) is 32.0 Å². The smallest absolute Gasteiger partial charge is 0.323 e. The number of nitrogens with one attached hydrogen (secondary N) is 2. The van der Waals surface area contributed by atoms with E-state index in [1.807, 2.05) is 63.4 Å². The van der Waals surface area contributed by atoms with Gasteiger partial charge in [-0.3, -0.25) is 19.0 Å². The lowest BCUT2D eigenvalue weighted by molar-refractivity contribution is -0.133. The third-order valence-electron chi connectivity index (χ3n) is 9.50. The molecule has 1 aromatic heterocycles. The Hall–Kier alpha value is -4.76. The number of benzene rings is 3. The topological polar surface area (TPSA) is 143 Å². The van der Waals surface area contributed by atoms with Gasteiger partial charge in [0, 0.05) is 49.9 Å². The molecule has 0 saturated carbocycles. The molecule has 2 N–H and O–H groups in total. The van der Waals surface area contributed by atoms with Crippen LogP contribution in [-0.2, 0) is 36.3 Å². The number of carbonyl (C=O) groups excluding carboxylic acids is 2. The fourth-order valence-electron chi connectivity index (χ4n) is 6.56. The van der Waals surface area contributed by atoms with Gasteiger partial charge < -0.3 is 29.7 Å². The number of aromatic nitrogens is 1. The van der Waals surface area contributed by atoms with E-state index in [0.717, 1.165) is 76.6 Å². The van der Waals surface area contributed by atoms with Crippen LogP contribution in [0.4, 0.5) is 21.9 Å². The number of anilines is 3. The molecule has 6 rings (SSSR count). The highest BCUT2D eigenvalue weighted by Crippen LogP contribution is 2.42. The van der Waals surface area contributed by atoms with Crippen molar-refractivity contribution in [3.05, 3.63) is 78.1 Å². The van der Waals surface area contributed by atoms with Crippen LogP contribution in [0.5, 0.6) is 5.75 Å². The van der Waals surface area contributed by atoms with Gasteiger partial charge in [-0.05, 0) is 46.2 Å². The van der Waals surface area contributed by atoms with E-state index in [9.17, 15) is 18.0 Å². The zero-order chi connectivity index (χ0) is 37.8. The molecule has 282 valence electrons. The SMILES string of the molecule is COc1c(NC(=O)Nc2ccc(-c3ccc(CN4CCOCC4)nc3)c3ccccc23)cc(C(C)(C)C)cc1N(CC(=O)N1CCOCC1)S(C)(=O)=O. The van der Waals surface area contributed by atoms with Gasteiger partial charge in [-0.15, -0.1) is 0 Å². The number of methoxy groups -OCH3 is 1. The van der Waals surface area contributed by atoms with Crippen molar-refractivity contribution in [1.82, 2.24) is 14.8 Å². The number of rotatable bonds is 10. The van der Waals surface area contributed by atoms with E-state index in [4.69, 9.17) is 19.2 Å². The first-order chi connectivity index (χ1) is 25.3. The Morgan fingerprint density at radius 1 is 0.887 bits per heavy atom. The zero-order valence-corrected chi connectivity index (χ0v) is 31.8. The fourth-order valence-corrected chi connectivity index (χ4v) is 7.40. The molecule has 3 heterocycles. The summed E-state index contributed by atoms with van der Waals surface area (Å²) in [6.45, 7) is 11.0. The summed E-state index contributed by atoms with van der Waals surface area (Å²) in [6.07, 6.45) is 2.94. The standard InChI is InChI=1S/C39H48N6O7S/c1-39(2,3)28-22-34(37(50-4)35(23-28)45(53(5,48)49)26-36(46)44-16-20-52-21-17-44)42-38(47)41-33-13-12-30(31-8-6-7-9-32(31)33)27-10-11-29(40-24-27)25-43-14-18-51-19-15-43/h6-13,22-24H,14-21,25-26H2,1-5H3,(H2,41,42,47). The van der Waals surface area contributed by atoms with E-state index >= 15 is 0 Å². The summed E-state index contributed by atoms with van der Waals surface area (Å²) in [4.78, 5) is 35.8. The summed E-state index contributed by atoms with van der Waals surface area (Å²) < 4.78 is 44.2. The van der Waals surface area contributed by atoms with E-state index in [1.165, 1.54) is 7.11 Å². The number of hydrogen-bond donors (Lipinski definition) is 2. The number of ether oxygens (including phenoxy) is 3. The highest BCUT2D eigenvalue weighted by Gasteiger charge is 2.31. The third-order valence-corrected chi connectivity index (χ3v) is 10.6. The molecule has 2 aliphatic rings. The van der Waals surface area contributed by atoms with Crippen molar-refractivity contribution < 1.29 is 32.2 Å². The Labute approximate surface area is 311 Å². The van der Waals surface area contributed by atoms with E-state index in [-0.39, 0.29) is 23.0 Å². The predicted molar refractivity (Wildman–Crippen MR) is 207 cm³/mol. The first kappa shape index (κ1) is 38.0. The van der Waals surface area contributed by atoms with Crippen LogP contribution in [0.2, 0.25) is 0 Å². The van der Waals surface area contributed by atoms with Gasteiger partial charge in [-0.1, -0.05) is 57.2 Å². The second kappa shape index (κ2) is 16.1. The molecular formula is C39H48N6O7S. The molecular weight excluding hydrogens is 697 g/mol. The number of hydrogen-bond acceptors (Lipinski definition) is 9. The van der Waals surface area contributed by atoms with Crippen LogP contribution in [0, 0.1) is 0 Å². The quantitative estimate of drug-likeness (QED) is 0.221. The van der Waals surface area contributed by atoms with E-state index in [0.29, 0.717) is 32.0 Å². The molecule has 2 fully saturated rings. The number of sulfonamides is 1. The Morgan fingerprint density at radius 3 is 2.17 bits per heavy atom. The summed E-state index contributed by atoms with van der Waals surface area (Å²) in [5.74, 6) is -0.248. The highest BCUT2D eigenvalue weighted by molar-refractivity contribution is 7.92. The van der Waals surface area contributed by atoms with Gasteiger partial charge in [0.2, 0.25) is 15.9 Å². The Bertz CT molecular complexity index is 2060. The van der Waals surface area contributed by atoms with Gasteiger partial charge >= 0.3 is 6.03 Å². The number of morpholine rings is 2. The summed E-state index contributed by atoms with van der Waals surface area (Å²) in [5, 5.41) is 7.67. The molecule has 0 bridgehead atoms. The monoisotopic (exact) mass is 744 g/mol. The Morgan fingerprint density at radius 2 is 1.55 bits per heavy atom. The van der Waals surface area contributed by atoms with Crippen LogP contribution >= 0.6 is 0 Å². The minimum absolute atomic E-state index is 0.109. The minimum atomic E-state index is -3.97. The summed E-state index contributed by atoms with van der Waals surface area (Å²) in [6, 6.07) is 18.7. The molecule has 0 aliphatic carbocycles. The summed E-state index contributed by atoms with van der Waals surface area (Å²) >= 11 is 0. The van der Waals surface area contributed by atoms with Crippen LogP contribution in [0.25, 0.3) is 21.9 Å². The maximum atomic E-state index is 13.8. The van der Waals surface area contributed by atoms with Gasteiger partial charge in [0.25, 0.3) is 0 Å². The maximum absolute atomic E-state index is 13.8. The average molecular weight is 745 g/mol. The molecule has 14 heteroatoms. The molecule has 3 aromatic carbocycles. The molecule has 4 aromatic rings. The second-order valence-corrected chi connectivity index (χ2v) is 16.2. The number of carbonyl (C=O) groups is 2. The first-order valence-electron chi connectivity index (χ1n) is 17.7. The number of pyridine rings is 1. The number of urea groups is 1. The lowest BCUT2D eigenvalue weighted by atomic mass is 9.86. The van der Waals surface area contributed by atoms with Gasteiger partial charge in [-0.2, -0.15) is 0 Å². The highest BCUT2D eigenvalue weighted by atomic mass is 32.2. The number of amides is 3. The molecule has 0 atom stereocenters. The summed E-state index contributed by atoms with van der Waals surface area (Å²) in [5.41, 5.74) is 4.20. The van der Waals surface area contributed by atoms with Crippen molar-refractivity contribution >= 4 is 49.8 Å². The number of fused-ring (bicyclic) bond motifs is 1. The molecule has 2 aliphatic heterocycles. The van der Waals surface area contributed by atoms with Gasteiger partial charge in [0.05, 0.1) is 62.5 Å². The van der Waals surface area contributed by atoms with Crippen molar-refractivity contribution in [3.8, 4) is 16.9 Å². The van der Waals surface area contributed by atoms with Crippen molar-refractivity contribution in [1.29, 1.82) is 0 Å². The van der Waals surface area contributed by atoms with Gasteiger partial charge in [0.1, 0.15) is 6.54 Å². The van der Waals surface area contributed by atoms with Crippen LogP contribution in [0.3, 0.4) is 0 Å². The van der Waals surface area contributed by atoms with Gasteiger partial charge in [-0.25, -0.2) is 13.2 Å². The largest absolute Gasteiger partial charge is 0.492 e. The van der Waals surface area contributed by atoms with Crippen molar-refractivity contribution in [3.63, 3.8) is 0 Å². The lowest BCUT2D eigenvalue weighted by Gasteiger charge is -2.32. The van der Waals surface area contributed by atoms with Gasteiger partial charge in [0.15, 0.2) is 5.75 Å². The van der Waals surface area contributed by atoms with Crippen LogP contribution in [0.15, 0.2) is 66.9 Å². The van der Waals surface area contributed by atoms with E-state index in [2.05, 4.69) is 27.7 Å². The van der Waals surface area contributed by atoms with E-state index < -0.39 is 28.0 Å². The molecule has 0 radical (unpaired) electrons. The zero-order valence-electron chi connectivity index (χ0n) is 31.0. The minimum Gasteiger partial charge on any atom is -0.492 e. The van der Waals surface area contributed by atoms with E-state index in [1.54, 1.807) is 17.0 Å². The normalized spacial score (nSPS) is 15.6. The lowest BCUT2D eigenvalue weighted by Crippen LogP contribution is -2.47. The van der Waals surface area contributed by atoms with Crippen LogP contribution in [-0.4, -0.2) is 108 Å². The third kappa shape index (κ3) is 9.07. The molecule has 53 heavy (non-hydrogen) atoms. The van der Waals surface area contributed by atoms with Crippen LogP contribution < -0.4 is 19.7 Å². The van der Waals surface area contributed by atoms with Crippen molar-refractivity contribution in [2.75, 3.05) is 87.5 Å². The molecule has 0 unspecified atom stereocenters. The average Bonchev–Trinajstić information content (AvgIpc) is 3.14. The summed E-state index contributed by atoms with van der Waals surface area (Å²) in [7, 11) is -2.56. The maximum Gasteiger partial charge on any atom is 0.323 e. The first-order valence-corrected chi connectivity index (χ1v) is 19.6. The van der Waals surface area contributed by atoms with Crippen molar-refractivity contribution in [2.45, 2.75) is 32.7 Å². The Balaban J connectivity index is 1.28. The fraction of sp³-hybridized carbons (Fsp3) is 0.410. The molecule has 3 amide bonds. The molecule has 0 spiro atoms. The van der Waals surface area contributed by atoms with Crippen molar-refractivity contribution in [2.24, 2.45) is 0 Å².